The number of rotatable bonds is 21. The zero-order chi connectivity index (χ0) is 64.0. The van der Waals surface area contributed by atoms with E-state index in [9.17, 15) is 4.79 Å². The zero-order valence-electron chi connectivity index (χ0n) is 55.8. The van der Waals surface area contributed by atoms with Gasteiger partial charge in [0.05, 0.1) is 32.1 Å². The van der Waals surface area contributed by atoms with Crippen LogP contribution in [-0.4, -0.2) is 39.3 Å². The smallest absolute Gasteiger partial charge is 1.00 e. The number of ether oxygens (including phenoxy) is 4. The Morgan fingerprint density at radius 1 is 0.337 bits per heavy atom. The van der Waals surface area contributed by atoms with Crippen molar-refractivity contribution in [3.05, 3.63) is 361 Å². The van der Waals surface area contributed by atoms with Crippen LogP contribution in [-0.2, 0) is 21.9 Å². The average Bonchev–Trinajstić information content (AvgIpc) is 0.784. The van der Waals surface area contributed by atoms with Crippen LogP contribution in [0.15, 0.2) is 334 Å². The van der Waals surface area contributed by atoms with Crippen molar-refractivity contribution >= 4 is 87.8 Å². The van der Waals surface area contributed by atoms with E-state index in [1.807, 2.05) is 93.6 Å². The van der Waals surface area contributed by atoms with E-state index in [1.165, 1.54) is 73.0 Å². The van der Waals surface area contributed by atoms with Gasteiger partial charge in [0, 0.05) is 13.2 Å². The minimum Gasteiger partial charge on any atom is -1.00 e. The normalized spacial score (nSPS) is 11.4. The van der Waals surface area contributed by atoms with E-state index >= 15 is 0 Å². The number of allylic oxidation sites excluding steroid dienone is 3. The van der Waals surface area contributed by atoms with E-state index in [4.69, 9.17) is 18.9 Å². The van der Waals surface area contributed by atoms with Crippen molar-refractivity contribution in [2.75, 3.05) is 33.0 Å². The minimum absolute atomic E-state index is 0. The summed E-state index contributed by atoms with van der Waals surface area (Å²) in [5, 5.41) is 8.45. The third-order valence-electron chi connectivity index (χ3n) is 15.2. The number of carbonyl (C=O) groups excluding carboxylic acids is 1. The van der Waals surface area contributed by atoms with E-state index in [0.29, 0.717) is 19.8 Å². The second-order valence-electron chi connectivity index (χ2n) is 21.5. The molecule has 0 radical (unpaired) electrons. The van der Waals surface area contributed by atoms with Crippen LogP contribution in [0, 0.1) is 0 Å². The molecular weight excluding hydrogens is 1280 g/mol. The molecule has 11 aromatic carbocycles. The summed E-state index contributed by atoms with van der Waals surface area (Å²) in [6.07, 6.45) is 16.8. The van der Waals surface area contributed by atoms with Crippen LogP contribution in [0.5, 0.6) is 17.2 Å². The number of aldehydes is 1. The van der Waals surface area contributed by atoms with Crippen molar-refractivity contribution in [2.24, 2.45) is 0 Å². The van der Waals surface area contributed by atoms with Gasteiger partial charge in [-0.25, -0.2) is 0 Å². The Kier molecular flexibility index (Phi) is 36.5. The Bertz CT molecular complexity index is 3480. The fraction of sp³-hybridized carbons (Fsp3) is 0.151. The first-order chi connectivity index (χ1) is 45.5. The molecule has 9 heteroatoms. The maximum Gasteiger partial charge on any atom is 1.00 e. The van der Waals surface area contributed by atoms with Gasteiger partial charge < -0.3 is 20.4 Å². The molecule has 1 aliphatic heterocycles. The monoisotopic (exact) mass is 1370 g/mol. The van der Waals surface area contributed by atoms with Crippen molar-refractivity contribution in [3.8, 4) is 17.2 Å². The van der Waals surface area contributed by atoms with Crippen LogP contribution in [0.25, 0.3) is 18.2 Å². The van der Waals surface area contributed by atoms with E-state index in [0.717, 1.165) is 54.6 Å². The van der Waals surface area contributed by atoms with Gasteiger partial charge >= 0.3 is 29.6 Å². The first-order valence-electron chi connectivity index (χ1n) is 31.9. The maximum absolute atomic E-state index is 9.89. The molecule has 1 saturated heterocycles. The predicted octanol–water partition coefficient (Wildman–Crippen LogP) is 17.0. The summed E-state index contributed by atoms with van der Waals surface area (Å²) < 4.78 is 21.7. The van der Waals surface area contributed by atoms with Crippen LogP contribution in [0.1, 0.15) is 70.3 Å². The fourth-order valence-corrected chi connectivity index (χ4v) is 19.3. The SMILES string of the molecule is Br.C.C1CCOC1.CCOc1ccc(/C=C/C=C/c2ccccc2)cc1.CCOc1ccc(C[P+](c2ccccc2)(c2ccccc2)c2ccccc2)cc1.CCOc1ccc(C[P+](c2ccccc2)(c2ccccc2)c2ccccc2)cc1.O=C/C=C/c1ccccc1.[H-].[Na+]. The second kappa shape index (κ2) is 44.6. The summed E-state index contributed by atoms with van der Waals surface area (Å²) >= 11 is 0. The molecule has 11 aromatic rings. The van der Waals surface area contributed by atoms with Crippen LogP contribution in [0.4, 0.5) is 0 Å². The summed E-state index contributed by atoms with van der Waals surface area (Å²) in [6.45, 7) is 10.1. The van der Waals surface area contributed by atoms with E-state index < -0.39 is 14.5 Å². The Morgan fingerprint density at radius 3 is 0.800 bits per heavy atom. The van der Waals surface area contributed by atoms with Gasteiger partial charge in [-0.05, 0) is 177 Å². The summed E-state index contributed by atoms with van der Waals surface area (Å²) in [4.78, 5) is 9.89. The first-order valence-corrected chi connectivity index (χ1v) is 35.8. The molecule has 0 bridgehead atoms. The van der Waals surface area contributed by atoms with Gasteiger partial charge in [0.25, 0.3) is 0 Å². The first kappa shape index (κ1) is 77.7. The van der Waals surface area contributed by atoms with Crippen molar-refractivity contribution in [1.82, 2.24) is 0 Å². The van der Waals surface area contributed by atoms with Gasteiger partial charge in [0.2, 0.25) is 0 Å². The van der Waals surface area contributed by atoms with Crippen LogP contribution in [0.2, 0.25) is 0 Å². The zero-order valence-corrected chi connectivity index (χ0v) is 60.3. The standard InChI is InChI=1S/2C27H26OP.C18H18O.C9H8O.C4H8O.CH4.BrH.Na.H/c2*1-2-28-24-20-18-23(19-21-24)22-29(25-12-6-3-7-13-25,26-14-8-4-9-15-26)27-16-10-5-11-17-27;1-2-19-18-14-12-17(13-15-18)11-7-6-10-16-8-4-3-5-9-16;10-8-4-7-9-5-2-1-3-6-9;1-2-4-5-3-1;;;;/h2*3-21H,2,22H2,1H3;3-15H,2H2,1H3;1-8H;1-4H2;1H4;1H;;/q2*+1;;;;;;+1;-1/b;;10-6+,11-7+;7-4+;;;;;. The number of hydrogen-bond acceptors (Lipinski definition) is 5. The molecule has 0 spiro atoms. The Morgan fingerprint density at radius 2 is 0.568 bits per heavy atom. The van der Waals surface area contributed by atoms with Crippen molar-refractivity contribution < 1.29 is 54.7 Å². The van der Waals surface area contributed by atoms with E-state index in [-0.39, 0.29) is 55.4 Å². The number of carbonyl (C=O) groups is 1. The van der Waals surface area contributed by atoms with E-state index in [1.54, 1.807) is 6.08 Å². The predicted molar refractivity (Wildman–Crippen MR) is 415 cm³/mol. The van der Waals surface area contributed by atoms with Gasteiger partial charge in [-0.2, -0.15) is 0 Å². The molecule has 0 N–H and O–H groups in total. The summed E-state index contributed by atoms with van der Waals surface area (Å²) in [6, 6.07) is 111. The maximum atomic E-state index is 9.89. The largest absolute Gasteiger partial charge is 1.00 e. The molecule has 0 aromatic heterocycles. The van der Waals surface area contributed by atoms with Crippen molar-refractivity contribution in [3.63, 3.8) is 0 Å². The molecule has 482 valence electrons. The summed E-state index contributed by atoms with van der Waals surface area (Å²) in [5.41, 5.74) is 6.09. The average molecular weight is 1370 g/mol. The molecule has 0 aliphatic carbocycles. The molecule has 1 heterocycles. The Hall–Kier alpha value is -7.99. The molecule has 1 aliphatic rings. The molecule has 0 unspecified atom stereocenters. The van der Waals surface area contributed by atoms with Crippen LogP contribution in [0.3, 0.4) is 0 Å². The molecule has 5 nitrogen and oxygen atoms in total. The van der Waals surface area contributed by atoms with Gasteiger partial charge in [-0.1, -0.05) is 244 Å². The second-order valence-corrected chi connectivity index (χ2v) is 28.4. The van der Waals surface area contributed by atoms with E-state index in [2.05, 4.69) is 267 Å². The van der Waals surface area contributed by atoms with Gasteiger partial charge in [-0.3, -0.25) is 4.79 Å². The van der Waals surface area contributed by atoms with Crippen LogP contribution < -0.4 is 75.6 Å². The quantitative estimate of drug-likeness (QED) is 0.0236. The third-order valence-corrected chi connectivity index (χ3v) is 23.9. The molecule has 0 amide bonds. The number of halogens is 1. The Labute approximate surface area is 602 Å². The van der Waals surface area contributed by atoms with Crippen molar-refractivity contribution in [2.45, 2.75) is 53.4 Å². The molecule has 1 fully saturated rings. The molecule has 0 saturated carbocycles. The molecule has 12 rings (SSSR count). The topological polar surface area (TPSA) is 54.0 Å². The third kappa shape index (κ3) is 24.6. The summed E-state index contributed by atoms with van der Waals surface area (Å²) in [7, 11) is -3.69. The summed E-state index contributed by atoms with van der Waals surface area (Å²) in [5.74, 6) is 2.78. The number of benzene rings is 11. The molecular formula is C86H92BrNaO5P2+2. The molecule has 0 atom stereocenters. The van der Waals surface area contributed by atoms with Crippen molar-refractivity contribution in [1.29, 1.82) is 0 Å². The fourth-order valence-electron chi connectivity index (χ4n) is 10.8. The van der Waals surface area contributed by atoms with Gasteiger partial charge in [0.15, 0.2) is 0 Å². The minimum atomic E-state index is -1.85. The number of hydrogen-bond donors (Lipinski definition) is 0. The molecule has 95 heavy (non-hydrogen) atoms. The van der Waals surface area contributed by atoms with Gasteiger partial charge in [0.1, 0.15) is 69.9 Å². The van der Waals surface area contributed by atoms with Gasteiger partial charge in [-0.15, -0.1) is 17.0 Å². The van der Waals surface area contributed by atoms with Crippen LogP contribution >= 0.6 is 31.5 Å². The Balaban J connectivity index is 0.000000274.